The van der Waals surface area contributed by atoms with Crippen molar-refractivity contribution >= 4 is 46.6 Å². The summed E-state index contributed by atoms with van der Waals surface area (Å²) in [7, 11) is 0. The minimum absolute atomic E-state index is 0.0107. The highest BCUT2D eigenvalue weighted by Crippen LogP contribution is 2.45. The van der Waals surface area contributed by atoms with Gasteiger partial charge in [-0.1, -0.05) is 35.3 Å². The van der Waals surface area contributed by atoms with Crippen LogP contribution in [0.4, 0.5) is 5.69 Å². The van der Waals surface area contributed by atoms with E-state index in [0.29, 0.717) is 16.5 Å². The number of para-hydroxylation sites is 1. The van der Waals surface area contributed by atoms with Crippen LogP contribution < -0.4 is 5.32 Å². The van der Waals surface area contributed by atoms with Gasteiger partial charge in [-0.3, -0.25) is 4.79 Å². The molecular weight excluding hydrogens is 313 g/mol. The highest BCUT2D eigenvalue weighted by atomic mass is 35.5. The number of halogens is 2. The Balaban J connectivity index is 2.02. The fourth-order valence-corrected chi connectivity index (χ4v) is 3.93. The summed E-state index contributed by atoms with van der Waals surface area (Å²) >= 11 is 13.9. The van der Waals surface area contributed by atoms with E-state index in [4.69, 9.17) is 23.2 Å². The Kier molecular flexibility index (Phi) is 3.92. The molecule has 2 nitrogen and oxygen atoms in total. The zero-order valence-electron chi connectivity index (χ0n) is 10.4. The molecule has 0 radical (unpaired) electrons. The van der Waals surface area contributed by atoms with Gasteiger partial charge in [-0.15, -0.1) is 11.8 Å². The summed E-state index contributed by atoms with van der Waals surface area (Å²) in [6, 6.07) is 13.1. The first kappa shape index (κ1) is 13.8. The van der Waals surface area contributed by atoms with E-state index >= 15 is 0 Å². The van der Waals surface area contributed by atoms with E-state index in [0.717, 1.165) is 16.1 Å². The monoisotopic (exact) mass is 323 g/mol. The number of hydrogen-bond acceptors (Lipinski definition) is 2. The van der Waals surface area contributed by atoms with E-state index in [9.17, 15) is 4.79 Å². The fourth-order valence-electron chi connectivity index (χ4n) is 2.17. The van der Waals surface area contributed by atoms with Gasteiger partial charge in [0.05, 0.1) is 5.69 Å². The molecule has 102 valence electrons. The zero-order chi connectivity index (χ0) is 14.1. The van der Waals surface area contributed by atoms with E-state index in [1.54, 1.807) is 23.9 Å². The Morgan fingerprint density at radius 1 is 1.15 bits per heavy atom. The lowest BCUT2D eigenvalue weighted by Gasteiger charge is -2.15. The van der Waals surface area contributed by atoms with Crippen molar-refractivity contribution in [2.24, 2.45) is 0 Å². The average molecular weight is 324 g/mol. The Labute approximate surface area is 131 Å². The first-order valence-electron chi connectivity index (χ1n) is 6.14. The van der Waals surface area contributed by atoms with Gasteiger partial charge in [0.25, 0.3) is 0 Å². The van der Waals surface area contributed by atoms with Crippen LogP contribution >= 0.6 is 35.0 Å². The van der Waals surface area contributed by atoms with Crippen molar-refractivity contribution in [1.29, 1.82) is 0 Å². The molecule has 1 amide bonds. The zero-order valence-corrected chi connectivity index (χ0v) is 12.7. The Morgan fingerprint density at radius 3 is 2.80 bits per heavy atom. The summed E-state index contributed by atoms with van der Waals surface area (Å²) in [5.41, 5.74) is 1.75. The quantitative estimate of drug-likeness (QED) is 0.784. The lowest BCUT2D eigenvalue weighted by Crippen LogP contribution is -2.12. The Hall–Kier alpha value is -1.16. The number of nitrogens with one attached hydrogen (secondary N) is 1. The van der Waals surface area contributed by atoms with Gasteiger partial charge in [-0.25, -0.2) is 0 Å². The van der Waals surface area contributed by atoms with Gasteiger partial charge in [-0.05, 0) is 35.9 Å². The Bertz CT molecular complexity index is 675. The molecule has 0 bridgehead atoms. The van der Waals surface area contributed by atoms with Crippen LogP contribution in [-0.2, 0) is 4.79 Å². The summed E-state index contributed by atoms with van der Waals surface area (Å²) in [6.45, 7) is 0. The summed E-state index contributed by atoms with van der Waals surface area (Å²) < 4.78 is 0. The van der Waals surface area contributed by atoms with Crippen LogP contribution in [0.25, 0.3) is 0 Å². The number of carbonyl (C=O) groups is 1. The number of fused-ring (bicyclic) bond motifs is 1. The van der Waals surface area contributed by atoms with E-state index in [1.165, 1.54) is 0 Å². The first-order chi connectivity index (χ1) is 9.63. The maximum Gasteiger partial charge on any atom is 0.225 e. The van der Waals surface area contributed by atoms with Gasteiger partial charge in [0, 0.05) is 26.6 Å². The predicted molar refractivity (Wildman–Crippen MR) is 84.7 cm³/mol. The smallest absolute Gasteiger partial charge is 0.225 e. The topological polar surface area (TPSA) is 29.1 Å². The number of anilines is 1. The average Bonchev–Trinajstić information content (AvgIpc) is 2.59. The van der Waals surface area contributed by atoms with Gasteiger partial charge < -0.3 is 5.32 Å². The third-order valence-electron chi connectivity index (χ3n) is 3.11. The predicted octanol–water partition coefficient (Wildman–Crippen LogP) is 5.17. The lowest BCUT2D eigenvalue weighted by atomic mass is 10.1. The standard InChI is InChI=1S/C15H11Cl2NOS/c16-9-5-6-11(17)10(7-9)14-8-15(19)18-12-3-1-2-4-13(12)20-14/h1-7,14H,8H2,(H,18,19). The number of carbonyl (C=O) groups excluding carboxylic acids is 1. The van der Waals surface area contributed by atoms with Crippen LogP contribution in [0.1, 0.15) is 17.2 Å². The largest absolute Gasteiger partial charge is 0.325 e. The van der Waals surface area contributed by atoms with E-state index in [2.05, 4.69) is 5.32 Å². The normalized spacial score (nSPS) is 18.1. The molecular formula is C15H11Cl2NOS. The Morgan fingerprint density at radius 2 is 1.95 bits per heavy atom. The molecule has 1 aliphatic heterocycles. The number of rotatable bonds is 1. The molecule has 0 aliphatic carbocycles. The molecule has 0 saturated heterocycles. The van der Waals surface area contributed by atoms with E-state index < -0.39 is 0 Å². The molecule has 1 N–H and O–H groups in total. The molecule has 0 spiro atoms. The number of benzene rings is 2. The molecule has 20 heavy (non-hydrogen) atoms. The van der Waals surface area contributed by atoms with Gasteiger partial charge in [0.2, 0.25) is 5.91 Å². The van der Waals surface area contributed by atoms with Gasteiger partial charge in [-0.2, -0.15) is 0 Å². The highest BCUT2D eigenvalue weighted by Gasteiger charge is 2.25. The molecule has 0 saturated carbocycles. The molecule has 0 aromatic heterocycles. The SMILES string of the molecule is O=C1CC(c2cc(Cl)ccc2Cl)Sc2ccccc2N1. The van der Waals surface area contributed by atoms with Crippen LogP contribution in [0.5, 0.6) is 0 Å². The number of thioether (sulfide) groups is 1. The second kappa shape index (κ2) is 5.68. The third-order valence-corrected chi connectivity index (χ3v) is 5.00. The van der Waals surface area contributed by atoms with Gasteiger partial charge >= 0.3 is 0 Å². The van der Waals surface area contributed by atoms with Gasteiger partial charge in [0.15, 0.2) is 0 Å². The van der Waals surface area contributed by atoms with Crippen molar-refractivity contribution in [3.63, 3.8) is 0 Å². The fraction of sp³-hybridized carbons (Fsp3) is 0.133. The molecule has 0 fully saturated rings. The molecule has 1 heterocycles. The number of hydrogen-bond donors (Lipinski definition) is 1. The minimum Gasteiger partial charge on any atom is -0.325 e. The second-order valence-electron chi connectivity index (χ2n) is 4.52. The highest BCUT2D eigenvalue weighted by molar-refractivity contribution is 7.99. The van der Waals surface area contributed by atoms with Crippen LogP contribution in [0.3, 0.4) is 0 Å². The molecule has 1 unspecified atom stereocenters. The van der Waals surface area contributed by atoms with Crippen LogP contribution in [-0.4, -0.2) is 5.91 Å². The van der Waals surface area contributed by atoms with E-state index in [-0.39, 0.29) is 11.2 Å². The van der Waals surface area contributed by atoms with E-state index in [1.807, 2.05) is 30.3 Å². The van der Waals surface area contributed by atoms with Gasteiger partial charge in [0.1, 0.15) is 0 Å². The number of amides is 1. The maximum atomic E-state index is 12.0. The summed E-state index contributed by atoms with van der Waals surface area (Å²) in [4.78, 5) is 13.1. The van der Waals surface area contributed by atoms with Crippen LogP contribution in [0.15, 0.2) is 47.4 Å². The van der Waals surface area contributed by atoms with Crippen molar-refractivity contribution in [2.45, 2.75) is 16.6 Å². The summed E-state index contributed by atoms with van der Waals surface area (Å²) in [5, 5.41) is 4.15. The van der Waals surface area contributed by atoms with Crippen LogP contribution in [0.2, 0.25) is 10.0 Å². The van der Waals surface area contributed by atoms with Crippen molar-refractivity contribution < 1.29 is 4.79 Å². The second-order valence-corrected chi connectivity index (χ2v) is 6.61. The van der Waals surface area contributed by atoms with Crippen LogP contribution in [0, 0.1) is 0 Å². The van der Waals surface area contributed by atoms with Crippen molar-refractivity contribution in [3.05, 3.63) is 58.1 Å². The molecule has 2 aromatic carbocycles. The molecule has 1 aliphatic rings. The molecule has 5 heteroatoms. The van der Waals surface area contributed by atoms with Crippen molar-refractivity contribution in [3.8, 4) is 0 Å². The third kappa shape index (κ3) is 2.80. The minimum atomic E-state index is -0.0372. The maximum absolute atomic E-state index is 12.0. The van der Waals surface area contributed by atoms with Crippen molar-refractivity contribution in [1.82, 2.24) is 0 Å². The lowest BCUT2D eigenvalue weighted by molar-refractivity contribution is -0.116. The first-order valence-corrected chi connectivity index (χ1v) is 7.77. The summed E-state index contributed by atoms with van der Waals surface area (Å²) in [5.74, 6) is -0.0107. The molecule has 2 aromatic rings. The summed E-state index contributed by atoms with van der Waals surface area (Å²) in [6.07, 6.45) is 0.374. The molecule has 3 rings (SSSR count). The molecule has 1 atom stereocenters. The van der Waals surface area contributed by atoms with Crippen molar-refractivity contribution in [2.75, 3.05) is 5.32 Å².